The first-order chi connectivity index (χ1) is 9.16. The van der Waals surface area contributed by atoms with Crippen molar-refractivity contribution in [2.75, 3.05) is 5.75 Å². The Morgan fingerprint density at radius 3 is 2.84 bits per heavy atom. The van der Waals surface area contributed by atoms with Crippen LogP contribution in [-0.4, -0.2) is 17.7 Å². The van der Waals surface area contributed by atoms with E-state index in [4.69, 9.17) is 11.6 Å². The van der Waals surface area contributed by atoms with Crippen LogP contribution in [0.1, 0.15) is 32.6 Å². The highest BCUT2D eigenvalue weighted by atomic mass is 35.5. The number of halogens is 1. The predicted molar refractivity (Wildman–Crippen MR) is 81.7 cm³/mol. The number of benzene rings is 1. The van der Waals surface area contributed by atoms with Crippen molar-refractivity contribution in [2.45, 2.75) is 43.5 Å². The van der Waals surface area contributed by atoms with Crippen LogP contribution in [0.5, 0.6) is 0 Å². The van der Waals surface area contributed by atoms with Gasteiger partial charge in [0.1, 0.15) is 0 Å². The van der Waals surface area contributed by atoms with Crippen LogP contribution in [0.3, 0.4) is 0 Å². The lowest BCUT2D eigenvalue weighted by Crippen LogP contribution is -2.41. The van der Waals surface area contributed by atoms with Crippen molar-refractivity contribution in [2.24, 2.45) is 5.92 Å². The Labute approximate surface area is 124 Å². The van der Waals surface area contributed by atoms with Crippen molar-refractivity contribution in [3.63, 3.8) is 0 Å². The largest absolute Gasteiger partial charge is 0.352 e. The summed E-state index contributed by atoms with van der Waals surface area (Å²) in [6, 6.07) is 7.99. The van der Waals surface area contributed by atoms with Crippen LogP contribution in [0.25, 0.3) is 0 Å². The van der Waals surface area contributed by atoms with Crippen molar-refractivity contribution in [3.05, 3.63) is 29.3 Å². The van der Waals surface area contributed by atoms with E-state index in [1.165, 1.54) is 31.0 Å². The van der Waals surface area contributed by atoms with Gasteiger partial charge < -0.3 is 5.32 Å². The summed E-state index contributed by atoms with van der Waals surface area (Å²) in [5.74, 6) is 1.15. The molecular weight excluding hydrogens is 278 g/mol. The highest BCUT2D eigenvalue weighted by Crippen LogP contribution is 2.27. The van der Waals surface area contributed by atoms with E-state index in [1.807, 2.05) is 24.3 Å². The quantitative estimate of drug-likeness (QED) is 0.847. The van der Waals surface area contributed by atoms with Crippen LogP contribution in [-0.2, 0) is 4.79 Å². The Morgan fingerprint density at radius 2 is 2.11 bits per heavy atom. The number of carbonyl (C=O) groups is 1. The van der Waals surface area contributed by atoms with Gasteiger partial charge in [-0.15, -0.1) is 11.8 Å². The smallest absolute Gasteiger partial charge is 0.230 e. The molecule has 0 spiro atoms. The molecular formula is C15H20ClNOS. The van der Waals surface area contributed by atoms with E-state index in [1.54, 1.807) is 0 Å². The Hall–Kier alpha value is -0.670. The lowest BCUT2D eigenvalue weighted by molar-refractivity contribution is -0.119. The Kier molecular flexibility index (Phi) is 5.59. The van der Waals surface area contributed by atoms with E-state index in [-0.39, 0.29) is 5.91 Å². The van der Waals surface area contributed by atoms with Gasteiger partial charge in [-0.1, -0.05) is 43.5 Å². The van der Waals surface area contributed by atoms with Crippen LogP contribution < -0.4 is 5.32 Å². The van der Waals surface area contributed by atoms with Crippen molar-refractivity contribution >= 4 is 29.3 Å². The second-order valence-electron chi connectivity index (χ2n) is 5.15. The molecule has 0 unspecified atom stereocenters. The third kappa shape index (κ3) is 4.43. The van der Waals surface area contributed by atoms with Crippen LogP contribution in [0.15, 0.2) is 29.2 Å². The van der Waals surface area contributed by atoms with E-state index in [9.17, 15) is 4.79 Å². The number of hydrogen-bond acceptors (Lipinski definition) is 2. The van der Waals surface area contributed by atoms with Crippen LogP contribution in [0, 0.1) is 5.92 Å². The monoisotopic (exact) mass is 297 g/mol. The highest BCUT2D eigenvalue weighted by Gasteiger charge is 2.22. The summed E-state index contributed by atoms with van der Waals surface area (Å²) < 4.78 is 0. The van der Waals surface area contributed by atoms with Gasteiger partial charge in [-0.3, -0.25) is 4.79 Å². The maximum absolute atomic E-state index is 12.0. The summed E-state index contributed by atoms with van der Waals surface area (Å²) in [7, 11) is 0. The molecule has 1 aromatic rings. The molecule has 1 saturated carbocycles. The Morgan fingerprint density at radius 1 is 1.37 bits per heavy atom. The first kappa shape index (κ1) is 14.7. The summed E-state index contributed by atoms with van der Waals surface area (Å²) in [4.78, 5) is 12.9. The average Bonchev–Trinajstić information content (AvgIpc) is 2.40. The molecule has 19 heavy (non-hydrogen) atoms. The Bertz CT molecular complexity index is 438. The molecule has 0 saturated heterocycles. The van der Waals surface area contributed by atoms with Gasteiger partial charge in [-0.05, 0) is 30.9 Å². The highest BCUT2D eigenvalue weighted by molar-refractivity contribution is 8.00. The molecule has 1 N–H and O–H groups in total. The summed E-state index contributed by atoms with van der Waals surface area (Å²) in [5, 5.41) is 3.87. The zero-order valence-electron chi connectivity index (χ0n) is 11.2. The molecule has 1 aliphatic carbocycles. The lowest BCUT2D eigenvalue weighted by atomic mass is 9.86. The molecule has 0 aliphatic heterocycles. The summed E-state index contributed by atoms with van der Waals surface area (Å²) in [5.41, 5.74) is 0. The summed E-state index contributed by atoms with van der Waals surface area (Å²) in [6.45, 7) is 2.23. The fourth-order valence-electron chi connectivity index (χ4n) is 2.48. The minimum Gasteiger partial charge on any atom is -0.352 e. The number of hydrogen-bond donors (Lipinski definition) is 1. The maximum atomic E-state index is 12.0. The maximum Gasteiger partial charge on any atom is 0.230 e. The van der Waals surface area contributed by atoms with Gasteiger partial charge in [0, 0.05) is 10.9 Å². The zero-order valence-corrected chi connectivity index (χ0v) is 12.8. The summed E-state index contributed by atoms with van der Waals surface area (Å²) >= 11 is 7.57. The first-order valence-electron chi connectivity index (χ1n) is 6.83. The van der Waals surface area contributed by atoms with Crippen molar-refractivity contribution in [3.8, 4) is 0 Å². The first-order valence-corrected chi connectivity index (χ1v) is 8.20. The van der Waals surface area contributed by atoms with E-state index >= 15 is 0 Å². The van der Waals surface area contributed by atoms with E-state index in [0.717, 1.165) is 11.3 Å². The van der Waals surface area contributed by atoms with Crippen molar-refractivity contribution < 1.29 is 4.79 Å². The van der Waals surface area contributed by atoms with E-state index in [2.05, 4.69) is 12.2 Å². The van der Waals surface area contributed by atoms with Crippen LogP contribution in [0.2, 0.25) is 5.02 Å². The number of nitrogens with one attached hydrogen (secondary N) is 1. The van der Waals surface area contributed by atoms with Gasteiger partial charge in [0.05, 0.1) is 10.8 Å². The predicted octanol–water partition coefficient (Wildman–Crippen LogP) is 4.13. The van der Waals surface area contributed by atoms with Gasteiger partial charge in [0.2, 0.25) is 5.91 Å². The number of amides is 1. The standard InChI is InChI=1S/C15H20ClNOS/c1-11-6-2-4-8-13(11)17-15(18)10-19-14-9-5-3-7-12(14)16/h3,5,7,9,11,13H,2,4,6,8,10H2,1H3,(H,17,18)/t11-,13-/m1/s1. The van der Waals surface area contributed by atoms with Gasteiger partial charge in [-0.2, -0.15) is 0 Å². The molecule has 2 nitrogen and oxygen atoms in total. The Balaban J connectivity index is 1.80. The lowest BCUT2D eigenvalue weighted by Gasteiger charge is -2.29. The topological polar surface area (TPSA) is 29.1 Å². The third-order valence-corrected chi connectivity index (χ3v) is 5.17. The molecule has 0 aromatic heterocycles. The molecule has 1 amide bonds. The fourth-order valence-corrected chi connectivity index (χ4v) is 3.53. The van der Waals surface area contributed by atoms with Gasteiger partial charge in [0.25, 0.3) is 0 Å². The molecule has 2 rings (SSSR count). The second kappa shape index (κ2) is 7.20. The van der Waals surface area contributed by atoms with E-state index < -0.39 is 0 Å². The minimum atomic E-state index is 0.115. The zero-order chi connectivity index (χ0) is 13.7. The number of carbonyl (C=O) groups excluding carboxylic acids is 1. The molecule has 0 bridgehead atoms. The van der Waals surface area contributed by atoms with Crippen LogP contribution in [0.4, 0.5) is 0 Å². The van der Waals surface area contributed by atoms with Crippen molar-refractivity contribution in [1.82, 2.24) is 5.32 Å². The molecule has 0 heterocycles. The molecule has 2 atom stereocenters. The SMILES string of the molecule is C[C@@H]1CCCC[C@H]1NC(=O)CSc1ccccc1Cl. The molecule has 4 heteroatoms. The molecule has 104 valence electrons. The number of thioether (sulfide) groups is 1. The molecule has 0 radical (unpaired) electrons. The average molecular weight is 298 g/mol. The molecule has 1 fully saturated rings. The normalized spacial score (nSPS) is 23.1. The van der Waals surface area contributed by atoms with Gasteiger partial charge in [0.15, 0.2) is 0 Å². The molecule has 1 aliphatic rings. The second-order valence-corrected chi connectivity index (χ2v) is 6.58. The fraction of sp³-hybridized carbons (Fsp3) is 0.533. The number of rotatable bonds is 4. The van der Waals surface area contributed by atoms with E-state index in [0.29, 0.717) is 22.7 Å². The summed E-state index contributed by atoms with van der Waals surface area (Å²) in [6.07, 6.45) is 4.86. The molecule has 1 aromatic carbocycles. The minimum absolute atomic E-state index is 0.115. The van der Waals surface area contributed by atoms with Gasteiger partial charge >= 0.3 is 0 Å². The van der Waals surface area contributed by atoms with Crippen LogP contribution >= 0.6 is 23.4 Å². The van der Waals surface area contributed by atoms with Gasteiger partial charge in [-0.25, -0.2) is 0 Å². The van der Waals surface area contributed by atoms with Crippen molar-refractivity contribution in [1.29, 1.82) is 0 Å². The third-order valence-electron chi connectivity index (χ3n) is 3.65.